The Morgan fingerprint density at radius 2 is 1.83 bits per heavy atom. The van der Waals surface area contributed by atoms with Crippen molar-refractivity contribution in [2.24, 2.45) is 10.2 Å². The third-order valence-corrected chi connectivity index (χ3v) is 4.09. The SMILES string of the molecule is CC1(C)OB(C2=CCC3=NN=CC3=C2)OC1(C)C. The average molecular weight is 244 g/mol. The van der Waals surface area contributed by atoms with Crippen LogP contribution in [0.2, 0.25) is 0 Å². The summed E-state index contributed by atoms with van der Waals surface area (Å²) in [5.74, 6) is 0. The second kappa shape index (κ2) is 3.65. The summed E-state index contributed by atoms with van der Waals surface area (Å²) in [7, 11) is -0.293. The van der Waals surface area contributed by atoms with Crippen molar-refractivity contribution in [2.75, 3.05) is 0 Å². The van der Waals surface area contributed by atoms with E-state index in [4.69, 9.17) is 9.31 Å². The zero-order valence-corrected chi connectivity index (χ0v) is 11.2. The molecule has 0 spiro atoms. The molecular weight excluding hydrogens is 227 g/mol. The summed E-state index contributed by atoms with van der Waals surface area (Å²) in [6.07, 6.45) is 6.75. The van der Waals surface area contributed by atoms with Gasteiger partial charge in [-0.2, -0.15) is 10.2 Å². The second-order valence-corrected chi connectivity index (χ2v) is 5.89. The number of hydrogen-bond acceptors (Lipinski definition) is 4. The van der Waals surface area contributed by atoms with Gasteiger partial charge in [-0.25, -0.2) is 0 Å². The van der Waals surface area contributed by atoms with Crippen LogP contribution in [0.5, 0.6) is 0 Å². The van der Waals surface area contributed by atoms with Crippen LogP contribution in [-0.4, -0.2) is 30.2 Å². The van der Waals surface area contributed by atoms with Crippen LogP contribution in [0.3, 0.4) is 0 Å². The van der Waals surface area contributed by atoms with Gasteiger partial charge in [0.25, 0.3) is 0 Å². The van der Waals surface area contributed by atoms with Gasteiger partial charge in [0.05, 0.1) is 23.1 Å². The minimum Gasteiger partial charge on any atom is -0.399 e. The lowest BCUT2D eigenvalue weighted by Crippen LogP contribution is -2.41. The lowest BCUT2D eigenvalue weighted by molar-refractivity contribution is 0.00578. The smallest absolute Gasteiger partial charge is 0.399 e. The number of fused-ring (bicyclic) bond motifs is 1. The Balaban J connectivity index is 1.85. The first-order valence-electron chi connectivity index (χ1n) is 6.27. The van der Waals surface area contributed by atoms with Gasteiger partial charge < -0.3 is 9.31 Å². The molecule has 3 rings (SSSR count). The van der Waals surface area contributed by atoms with Crippen LogP contribution in [-0.2, 0) is 9.31 Å². The highest BCUT2D eigenvalue weighted by Crippen LogP contribution is 2.39. The first-order valence-corrected chi connectivity index (χ1v) is 6.27. The average Bonchev–Trinajstić information content (AvgIpc) is 2.80. The molecule has 0 aromatic rings. The van der Waals surface area contributed by atoms with Crippen molar-refractivity contribution < 1.29 is 9.31 Å². The van der Waals surface area contributed by atoms with Crippen LogP contribution >= 0.6 is 0 Å². The Morgan fingerprint density at radius 3 is 2.50 bits per heavy atom. The minimum atomic E-state index is -0.296. The molecule has 0 unspecified atom stereocenters. The van der Waals surface area contributed by atoms with Crippen LogP contribution in [0.15, 0.2) is 33.4 Å². The van der Waals surface area contributed by atoms with Crippen LogP contribution in [0.1, 0.15) is 34.1 Å². The summed E-state index contributed by atoms with van der Waals surface area (Å²) in [5.41, 5.74) is 2.57. The molecule has 1 fully saturated rings. The third kappa shape index (κ3) is 1.69. The first kappa shape index (κ1) is 11.9. The Hall–Kier alpha value is -1.20. The van der Waals surface area contributed by atoms with Crippen molar-refractivity contribution in [1.82, 2.24) is 0 Å². The van der Waals surface area contributed by atoms with E-state index < -0.39 is 0 Å². The summed E-state index contributed by atoms with van der Waals surface area (Å²) in [6.45, 7) is 8.25. The standard InChI is InChI=1S/C13H17BN2O2/c1-12(2)13(3,4)18-14(17-12)10-5-6-11-9(7-10)8-15-16-11/h5,7-8H,6H2,1-4H3. The molecular formula is C13H17BN2O2. The molecule has 3 aliphatic rings. The Morgan fingerprint density at radius 1 is 1.17 bits per heavy atom. The zero-order valence-electron chi connectivity index (χ0n) is 11.2. The molecule has 0 radical (unpaired) electrons. The van der Waals surface area contributed by atoms with E-state index in [0.717, 1.165) is 23.2 Å². The number of allylic oxidation sites excluding steroid dienone is 4. The number of hydrogen-bond donors (Lipinski definition) is 0. The minimum absolute atomic E-state index is 0.293. The topological polar surface area (TPSA) is 43.2 Å². The second-order valence-electron chi connectivity index (χ2n) is 5.89. The van der Waals surface area contributed by atoms with E-state index in [1.165, 1.54) is 0 Å². The normalized spacial score (nSPS) is 27.8. The quantitative estimate of drug-likeness (QED) is 0.664. The van der Waals surface area contributed by atoms with E-state index in [2.05, 4.69) is 50.0 Å². The van der Waals surface area contributed by atoms with Gasteiger partial charge in [0.2, 0.25) is 0 Å². The molecule has 0 N–H and O–H groups in total. The van der Waals surface area contributed by atoms with Gasteiger partial charge in [0.15, 0.2) is 0 Å². The highest BCUT2D eigenvalue weighted by Gasteiger charge is 2.52. The predicted octanol–water partition coefficient (Wildman–Crippen LogP) is 2.31. The van der Waals surface area contributed by atoms with Crippen molar-refractivity contribution in [3.05, 3.63) is 23.2 Å². The fourth-order valence-electron chi connectivity index (χ4n) is 2.17. The van der Waals surface area contributed by atoms with Gasteiger partial charge in [-0.05, 0) is 33.2 Å². The van der Waals surface area contributed by atoms with Crippen molar-refractivity contribution in [1.29, 1.82) is 0 Å². The predicted molar refractivity (Wildman–Crippen MR) is 72.8 cm³/mol. The summed E-state index contributed by atoms with van der Waals surface area (Å²) >= 11 is 0. The molecule has 0 aromatic carbocycles. The van der Waals surface area contributed by atoms with Gasteiger partial charge in [0.1, 0.15) is 0 Å². The summed E-state index contributed by atoms with van der Waals surface area (Å²) < 4.78 is 12.1. The van der Waals surface area contributed by atoms with E-state index in [1.807, 2.05) is 0 Å². The van der Waals surface area contributed by atoms with Gasteiger partial charge in [-0.1, -0.05) is 12.2 Å². The molecule has 2 heterocycles. The van der Waals surface area contributed by atoms with Crippen LogP contribution in [0.25, 0.3) is 0 Å². The molecule has 0 saturated carbocycles. The van der Waals surface area contributed by atoms with Gasteiger partial charge in [-0.15, -0.1) is 0 Å². The largest absolute Gasteiger partial charge is 0.494 e. The molecule has 2 aliphatic heterocycles. The van der Waals surface area contributed by atoms with Gasteiger partial charge in [-0.3, -0.25) is 0 Å². The van der Waals surface area contributed by atoms with E-state index in [-0.39, 0.29) is 18.3 Å². The van der Waals surface area contributed by atoms with Crippen molar-refractivity contribution in [3.8, 4) is 0 Å². The maximum Gasteiger partial charge on any atom is 0.494 e. The molecule has 0 aromatic heterocycles. The van der Waals surface area contributed by atoms with Crippen LogP contribution < -0.4 is 0 Å². The first-order chi connectivity index (χ1) is 8.39. The molecule has 0 bridgehead atoms. The Kier molecular flexibility index (Phi) is 2.41. The zero-order chi connectivity index (χ0) is 13.0. The molecule has 94 valence electrons. The summed E-state index contributed by atoms with van der Waals surface area (Å²) in [6, 6.07) is 0. The molecule has 1 saturated heterocycles. The molecule has 1 aliphatic carbocycles. The number of nitrogens with zero attached hydrogens (tertiary/aromatic N) is 2. The fourth-order valence-corrected chi connectivity index (χ4v) is 2.17. The summed E-state index contributed by atoms with van der Waals surface area (Å²) in [4.78, 5) is 0. The highest BCUT2D eigenvalue weighted by molar-refractivity contribution is 6.56. The Bertz CT molecular complexity index is 499. The number of rotatable bonds is 1. The maximum absolute atomic E-state index is 6.03. The molecule has 0 atom stereocenters. The third-order valence-electron chi connectivity index (χ3n) is 4.09. The van der Waals surface area contributed by atoms with Crippen LogP contribution in [0.4, 0.5) is 0 Å². The van der Waals surface area contributed by atoms with Gasteiger partial charge in [0, 0.05) is 12.0 Å². The molecule has 0 amide bonds. The van der Waals surface area contributed by atoms with E-state index in [1.54, 1.807) is 6.21 Å². The van der Waals surface area contributed by atoms with Gasteiger partial charge >= 0.3 is 7.12 Å². The lowest BCUT2D eigenvalue weighted by atomic mass is 9.74. The molecule has 18 heavy (non-hydrogen) atoms. The lowest BCUT2D eigenvalue weighted by Gasteiger charge is -2.32. The van der Waals surface area contributed by atoms with Crippen molar-refractivity contribution in [2.45, 2.75) is 45.3 Å². The van der Waals surface area contributed by atoms with Crippen LogP contribution in [0, 0.1) is 0 Å². The maximum atomic E-state index is 6.03. The van der Waals surface area contributed by atoms with E-state index in [9.17, 15) is 0 Å². The van der Waals surface area contributed by atoms with E-state index in [0.29, 0.717) is 0 Å². The van der Waals surface area contributed by atoms with E-state index >= 15 is 0 Å². The fraction of sp³-hybridized carbons (Fsp3) is 0.538. The summed E-state index contributed by atoms with van der Waals surface area (Å²) in [5, 5.41) is 7.99. The molecule has 5 heteroatoms. The van der Waals surface area contributed by atoms with Crippen molar-refractivity contribution >= 4 is 19.0 Å². The monoisotopic (exact) mass is 244 g/mol. The van der Waals surface area contributed by atoms with Crippen molar-refractivity contribution in [3.63, 3.8) is 0 Å². The highest BCUT2D eigenvalue weighted by atomic mass is 16.7. The molecule has 4 nitrogen and oxygen atoms in total. The Labute approximate surface area is 108 Å².